The molecule has 0 radical (unpaired) electrons. The van der Waals surface area contributed by atoms with Gasteiger partial charge in [-0.25, -0.2) is 8.42 Å². The summed E-state index contributed by atoms with van der Waals surface area (Å²) in [4.78, 5) is 0.281. The van der Waals surface area contributed by atoms with E-state index in [0.29, 0.717) is 11.6 Å². The van der Waals surface area contributed by atoms with E-state index in [0.717, 1.165) is 28.8 Å². The van der Waals surface area contributed by atoms with Gasteiger partial charge in [0.25, 0.3) is 10.0 Å². The van der Waals surface area contributed by atoms with Gasteiger partial charge in [0.2, 0.25) is 0 Å². The highest BCUT2D eigenvalue weighted by Gasteiger charge is 2.38. The Morgan fingerprint density at radius 1 is 0.833 bits per heavy atom. The van der Waals surface area contributed by atoms with Crippen LogP contribution in [0.25, 0.3) is 11.1 Å². The molecule has 0 fully saturated rings. The third-order valence-corrected chi connectivity index (χ3v) is 8.67. The minimum Gasteiger partial charge on any atom is -0.378 e. The van der Waals surface area contributed by atoms with Crippen molar-refractivity contribution in [3.8, 4) is 11.1 Å². The third kappa shape index (κ3) is 4.20. The predicted octanol–water partition coefficient (Wildman–Crippen LogP) is 7.29. The van der Waals surface area contributed by atoms with E-state index in [4.69, 9.17) is 0 Å². The molecule has 36 heavy (non-hydrogen) atoms. The molecule has 0 aromatic heterocycles. The molecule has 4 nitrogen and oxygen atoms in total. The Morgan fingerprint density at radius 2 is 1.61 bits per heavy atom. The van der Waals surface area contributed by atoms with Crippen LogP contribution >= 0.6 is 0 Å². The van der Waals surface area contributed by atoms with E-state index >= 15 is 0 Å². The summed E-state index contributed by atoms with van der Waals surface area (Å²) in [6, 6.07) is 31.8. The molecule has 0 spiro atoms. The molecule has 2 N–H and O–H groups in total. The van der Waals surface area contributed by atoms with Gasteiger partial charge in [0.05, 0.1) is 10.9 Å². The predicted molar refractivity (Wildman–Crippen MR) is 147 cm³/mol. The van der Waals surface area contributed by atoms with E-state index in [1.54, 1.807) is 6.07 Å². The Bertz CT molecular complexity index is 1540. The first-order valence-corrected chi connectivity index (χ1v) is 13.8. The average Bonchev–Trinajstić information content (AvgIpc) is 3.39. The molecule has 0 unspecified atom stereocenters. The number of rotatable bonds is 5. The highest BCUT2D eigenvalue weighted by molar-refractivity contribution is 7.92. The zero-order valence-corrected chi connectivity index (χ0v) is 20.9. The van der Waals surface area contributed by atoms with Gasteiger partial charge < -0.3 is 5.32 Å². The molecule has 0 bridgehead atoms. The van der Waals surface area contributed by atoms with Gasteiger partial charge in [0.1, 0.15) is 0 Å². The van der Waals surface area contributed by atoms with Gasteiger partial charge in [-0.15, -0.1) is 0 Å². The number of fused-ring (bicyclic) bond motifs is 3. The Hall–Kier alpha value is -3.83. The number of allylic oxidation sites excluding steroid dienone is 2. The number of hydrogen-bond acceptors (Lipinski definition) is 3. The van der Waals surface area contributed by atoms with Crippen molar-refractivity contribution in [1.29, 1.82) is 0 Å². The molecular weight excluding hydrogens is 464 g/mol. The van der Waals surface area contributed by atoms with Crippen LogP contribution in [0.15, 0.2) is 114 Å². The van der Waals surface area contributed by atoms with Crippen molar-refractivity contribution in [2.45, 2.75) is 30.2 Å². The Kier molecular flexibility index (Phi) is 5.65. The summed E-state index contributed by atoms with van der Waals surface area (Å²) in [5.41, 5.74) is 7.24. The van der Waals surface area contributed by atoms with Gasteiger partial charge >= 0.3 is 0 Å². The van der Waals surface area contributed by atoms with E-state index in [9.17, 15) is 8.42 Å². The summed E-state index contributed by atoms with van der Waals surface area (Å²) in [7, 11) is -3.73. The first-order valence-electron chi connectivity index (χ1n) is 12.3. The fraction of sp³-hybridized carbons (Fsp3) is 0.161. The summed E-state index contributed by atoms with van der Waals surface area (Å²) >= 11 is 0. The summed E-state index contributed by atoms with van der Waals surface area (Å²) in [5, 5.41) is 3.71. The molecule has 1 aliphatic heterocycles. The molecule has 6 rings (SSSR count). The lowest BCUT2D eigenvalue weighted by atomic mass is 9.77. The number of aryl methyl sites for hydroxylation is 1. The third-order valence-electron chi connectivity index (χ3n) is 7.29. The molecule has 2 aliphatic rings. The number of nitrogens with one attached hydrogen (secondary N) is 2. The van der Waals surface area contributed by atoms with Crippen molar-refractivity contribution >= 4 is 21.4 Å². The molecule has 180 valence electrons. The van der Waals surface area contributed by atoms with Crippen LogP contribution in [0, 0.1) is 12.8 Å². The molecule has 1 aliphatic carbocycles. The molecule has 0 saturated carbocycles. The smallest absolute Gasteiger partial charge is 0.261 e. The normalized spacial score (nSPS) is 20.3. The summed E-state index contributed by atoms with van der Waals surface area (Å²) < 4.78 is 29.4. The van der Waals surface area contributed by atoms with E-state index in [1.165, 1.54) is 11.1 Å². The van der Waals surface area contributed by atoms with Crippen LogP contribution in [0.1, 0.15) is 35.1 Å². The van der Waals surface area contributed by atoms with E-state index in [1.807, 2.05) is 66.7 Å². The van der Waals surface area contributed by atoms with Crippen LogP contribution < -0.4 is 10.0 Å². The highest BCUT2D eigenvalue weighted by atomic mass is 32.2. The standard InChI is InChI=1S/C31H28N2O2S/c1-21-7-5-10-24(19-21)31-28-12-6-11-27(28)29-20-26(17-18-30(29)32-31)36(34,35)33-25-15-13-23(14-16-25)22-8-3-2-4-9-22/h2-11,13-20,27-28,31-33H,12H2,1H3/t27-,28+,31+/m0/s1. The second-order valence-corrected chi connectivity index (χ2v) is 11.4. The molecule has 1 heterocycles. The van der Waals surface area contributed by atoms with Crippen molar-refractivity contribution in [2.24, 2.45) is 5.92 Å². The largest absolute Gasteiger partial charge is 0.378 e. The molecule has 0 saturated heterocycles. The Morgan fingerprint density at radius 3 is 2.39 bits per heavy atom. The van der Waals surface area contributed by atoms with Gasteiger partial charge in [-0.05, 0) is 71.8 Å². The lowest BCUT2D eigenvalue weighted by Gasteiger charge is -2.37. The Balaban J connectivity index is 1.27. The lowest BCUT2D eigenvalue weighted by Crippen LogP contribution is -2.29. The number of sulfonamides is 1. The molecular formula is C31H28N2O2S. The quantitative estimate of drug-likeness (QED) is 0.288. The van der Waals surface area contributed by atoms with Gasteiger partial charge in [-0.2, -0.15) is 0 Å². The zero-order valence-electron chi connectivity index (χ0n) is 20.1. The fourth-order valence-corrected chi connectivity index (χ4v) is 6.60. The maximum Gasteiger partial charge on any atom is 0.261 e. The van der Waals surface area contributed by atoms with Crippen molar-refractivity contribution in [3.05, 3.63) is 126 Å². The van der Waals surface area contributed by atoms with Crippen LogP contribution in [0.3, 0.4) is 0 Å². The van der Waals surface area contributed by atoms with Crippen molar-refractivity contribution in [2.75, 3.05) is 10.0 Å². The van der Waals surface area contributed by atoms with Gasteiger partial charge in [-0.3, -0.25) is 4.72 Å². The van der Waals surface area contributed by atoms with Crippen LogP contribution in [-0.2, 0) is 10.0 Å². The van der Waals surface area contributed by atoms with Crippen molar-refractivity contribution in [3.63, 3.8) is 0 Å². The van der Waals surface area contributed by atoms with Crippen LogP contribution in [-0.4, -0.2) is 8.42 Å². The zero-order chi connectivity index (χ0) is 24.7. The van der Waals surface area contributed by atoms with Gasteiger partial charge in [0, 0.05) is 17.3 Å². The Labute approximate surface area is 212 Å². The maximum atomic E-state index is 13.3. The van der Waals surface area contributed by atoms with Crippen LogP contribution in [0.2, 0.25) is 0 Å². The van der Waals surface area contributed by atoms with Gasteiger partial charge in [0.15, 0.2) is 0 Å². The summed E-state index contributed by atoms with van der Waals surface area (Å²) in [5.74, 6) is 0.544. The molecule has 3 atom stereocenters. The van der Waals surface area contributed by atoms with Crippen molar-refractivity contribution in [1.82, 2.24) is 0 Å². The van der Waals surface area contributed by atoms with E-state index < -0.39 is 10.0 Å². The van der Waals surface area contributed by atoms with E-state index in [-0.39, 0.29) is 16.9 Å². The van der Waals surface area contributed by atoms with Crippen LogP contribution in [0.5, 0.6) is 0 Å². The minimum atomic E-state index is -3.73. The van der Waals surface area contributed by atoms with E-state index in [2.05, 4.69) is 53.4 Å². The summed E-state index contributed by atoms with van der Waals surface area (Å²) in [6.07, 6.45) is 5.43. The SMILES string of the molecule is Cc1cccc([C@H]2Nc3ccc(S(=O)(=O)Nc4ccc(-c5ccccc5)cc4)cc3[C@H]3C=CC[C@H]32)c1. The molecule has 0 amide bonds. The first kappa shape index (κ1) is 22.6. The molecule has 4 aromatic carbocycles. The molecule has 5 heteroatoms. The molecule has 4 aromatic rings. The van der Waals surface area contributed by atoms with Crippen LogP contribution in [0.4, 0.5) is 11.4 Å². The first-order chi connectivity index (χ1) is 17.5. The second kappa shape index (κ2) is 8.99. The monoisotopic (exact) mass is 492 g/mol. The minimum absolute atomic E-state index is 0.187. The number of hydrogen-bond donors (Lipinski definition) is 2. The topological polar surface area (TPSA) is 58.2 Å². The van der Waals surface area contributed by atoms with Gasteiger partial charge in [-0.1, -0.05) is 84.4 Å². The van der Waals surface area contributed by atoms with Crippen molar-refractivity contribution < 1.29 is 8.42 Å². The maximum absolute atomic E-state index is 13.3. The lowest BCUT2D eigenvalue weighted by molar-refractivity contribution is 0.425. The second-order valence-electron chi connectivity index (χ2n) is 9.69. The highest BCUT2D eigenvalue weighted by Crippen LogP contribution is 2.50. The number of anilines is 2. The number of benzene rings is 4. The fourth-order valence-electron chi connectivity index (χ4n) is 5.51. The summed E-state index contributed by atoms with van der Waals surface area (Å²) in [6.45, 7) is 2.12. The average molecular weight is 493 g/mol.